The van der Waals surface area contributed by atoms with Crippen LogP contribution in [0.1, 0.15) is 21.6 Å². The lowest BCUT2D eigenvalue weighted by Gasteiger charge is -2.08. The molecule has 98 valence electrons. The topological polar surface area (TPSA) is 30.0 Å². The van der Waals surface area contributed by atoms with Gasteiger partial charge in [-0.15, -0.1) is 0 Å². The summed E-state index contributed by atoms with van der Waals surface area (Å²) >= 11 is 0. The standard InChI is InChI=1S/C13H7F4NO/c14-10-7-8(4-5-9(10)13(15,16)17)12(19)11-3-1-2-6-18-11/h1-7H. The van der Waals surface area contributed by atoms with E-state index in [9.17, 15) is 22.4 Å². The second-order valence-electron chi connectivity index (χ2n) is 3.74. The van der Waals surface area contributed by atoms with Crippen molar-refractivity contribution in [3.63, 3.8) is 0 Å². The Labute approximate surface area is 105 Å². The lowest BCUT2D eigenvalue weighted by Crippen LogP contribution is -2.10. The zero-order valence-corrected chi connectivity index (χ0v) is 9.41. The van der Waals surface area contributed by atoms with Gasteiger partial charge in [0.25, 0.3) is 0 Å². The van der Waals surface area contributed by atoms with E-state index in [2.05, 4.69) is 4.98 Å². The fraction of sp³-hybridized carbons (Fsp3) is 0.0769. The molecule has 0 aliphatic heterocycles. The Morgan fingerprint density at radius 3 is 2.37 bits per heavy atom. The van der Waals surface area contributed by atoms with Crippen LogP contribution in [0.15, 0.2) is 42.6 Å². The van der Waals surface area contributed by atoms with Crippen LogP contribution >= 0.6 is 0 Å². The molecule has 0 saturated heterocycles. The van der Waals surface area contributed by atoms with Crippen LogP contribution in [0.2, 0.25) is 0 Å². The van der Waals surface area contributed by atoms with Crippen molar-refractivity contribution in [1.29, 1.82) is 0 Å². The number of rotatable bonds is 2. The van der Waals surface area contributed by atoms with Gasteiger partial charge in [0.2, 0.25) is 5.78 Å². The largest absolute Gasteiger partial charge is 0.419 e. The molecule has 0 fully saturated rings. The maximum Gasteiger partial charge on any atom is 0.419 e. The Morgan fingerprint density at radius 1 is 1.11 bits per heavy atom. The van der Waals surface area contributed by atoms with Crippen LogP contribution in [-0.2, 0) is 6.18 Å². The van der Waals surface area contributed by atoms with Crippen LogP contribution in [0, 0.1) is 5.82 Å². The summed E-state index contributed by atoms with van der Waals surface area (Å²) in [5.41, 5.74) is -1.53. The van der Waals surface area contributed by atoms with Crippen molar-refractivity contribution in [2.75, 3.05) is 0 Å². The Bertz CT molecular complexity index is 608. The Morgan fingerprint density at radius 2 is 1.84 bits per heavy atom. The summed E-state index contributed by atoms with van der Waals surface area (Å²) in [5, 5.41) is 0. The number of hydrogen-bond donors (Lipinski definition) is 0. The molecule has 0 saturated carbocycles. The third-order valence-corrected chi connectivity index (χ3v) is 2.43. The minimum absolute atomic E-state index is 0.0432. The minimum Gasteiger partial charge on any atom is -0.287 e. The molecular weight excluding hydrogens is 262 g/mol. The summed E-state index contributed by atoms with van der Waals surface area (Å²) in [7, 11) is 0. The average molecular weight is 269 g/mol. The number of pyridine rings is 1. The van der Waals surface area contributed by atoms with E-state index in [0.29, 0.717) is 12.1 Å². The highest BCUT2D eigenvalue weighted by molar-refractivity contribution is 6.07. The third kappa shape index (κ3) is 2.78. The Kier molecular flexibility index (Phi) is 3.33. The van der Waals surface area contributed by atoms with Gasteiger partial charge in [0.1, 0.15) is 11.5 Å². The molecule has 0 bridgehead atoms. The first-order valence-corrected chi connectivity index (χ1v) is 5.22. The maximum atomic E-state index is 13.3. The SMILES string of the molecule is O=C(c1ccc(C(F)(F)F)c(F)c1)c1ccccn1. The van der Waals surface area contributed by atoms with Crippen molar-refractivity contribution in [2.24, 2.45) is 0 Å². The highest BCUT2D eigenvalue weighted by Gasteiger charge is 2.34. The van der Waals surface area contributed by atoms with Crippen molar-refractivity contribution in [3.05, 3.63) is 65.2 Å². The second kappa shape index (κ2) is 4.79. The van der Waals surface area contributed by atoms with Gasteiger partial charge >= 0.3 is 6.18 Å². The Hall–Kier alpha value is -2.24. The van der Waals surface area contributed by atoms with Crippen LogP contribution < -0.4 is 0 Å². The summed E-state index contributed by atoms with van der Waals surface area (Å²) in [6.45, 7) is 0. The van der Waals surface area contributed by atoms with Gasteiger partial charge < -0.3 is 0 Å². The molecule has 0 N–H and O–H groups in total. The summed E-state index contributed by atoms with van der Waals surface area (Å²) in [5.74, 6) is -2.11. The lowest BCUT2D eigenvalue weighted by molar-refractivity contribution is -0.140. The normalized spacial score (nSPS) is 11.4. The molecule has 0 amide bonds. The van der Waals surface area contributed by atoms with Gasteiger partial charge in [-0.05, 0) is 24.3 Å². The number of alkyl halides is 3. The first-order valence-electron chi connectivity index (χ1n) is 5.22. The summed E-state index contributed by atoms with van der Waals surface area (Å²) < 4.78 is 50.4. The number of ketones is 1. The van der Waals surface area contributed by atoms with Crippen LogP contribution in [0.4, 0.5) is 17.6 Å². The van der Waals surface area contributed by atoms with E-state index in [1.165, 1.54) is 12.3 Å². The molecule has 1 aromatic heterocycles. The maximum absolute atomic E-state index is 13.3. The number of hydrogen-bond acceptors (Lipinski definition) is 2. The number of benzene rings is 1. The van der Waals surface area contributed by atoms with Crippen molar-refractivity contribution in [2.45, 2.75) is 6.18 Å². The molecule has 0 aliphatic rings. The molecule has 0 spiro atoms. The smallest absolute Gasteiger partial charge is 0.287 e. The van der Waals surface area contributed by atoms with Gasteiger partial charge in [0.05, 0.1) is 5.56 Å². The molecule has 1 heterocycles. The molecule has 6 heteroatoms. The molecule has 2 rings (SSSR count). The molecule has 1 aromatic carbocycles. The van der Waals surface area contributed by atoms with Gasteiger partial charge in [-0.25, -0.2) is 4.39 Å². The van der Waals surface area contributed by atoms with E-state index in [1.54, 1.807) is 12.1 Å². The number of carbonyl (C=O) groups is 1. The molecule has 0 atom stereocenters. The lowest BCUT2D eigenvalue weighted by atomic mass is 10.0. The van der Waals surface area contributed by atoms with E-state index in [-0.39, 0.29) is 11.3 Å². The van der Waals surface area contributed by atoms with Gasteiger partial charge in [-0.1, -0.05) is 12.1 Å². The monoisotopic (exact) mass is 269 g/mol. The number of halogens is 4. The predicted molar refractivity (Wildman–Crippen MR) is 59.1 cm³/mol. The molecule has 0 radical (unpaired) electrons. The van der Waals surface area contributed by atoms with E-state index in [0.717, 1.165) is 6.07 Å². The van der Waals surface area contributed by atoms with E-state index < -0.39 is 23.3 Å². The van der Waals surface area contributed by atoms with Crippen LogP contribution in [-0.4, -0.2) is 10.8 Å². The van der Waals surface area contributed by atoms with Crippen LogP contribution in [0.3, 0.4) is 0 Å². The second-order valence-corrected chi connectivity index (χ2v) is 3.74. The average Bonchev–Trinajstić information content (AvgIpc) is 2.37. The van der Waals surface area contributed by atoms with Crippen molar-refractivity contribution in [3.8, 4) is 0 Å². The summed E-state index contributed by atoms with van der Waals surface area (Å²) in [6, 6.07) is 6.59. The van der Waals surface area contributed by atoms with Crippen molar-refractivity contribution in [1.82, 2.24) is 4.98 Å². The first-order chi connectivity index (χ1) is 8.89. The molecule has 2 aromatic rings. The zero-order chi connectivity index (χ0) is 14.0. The quantitative estimate of drug-likeness (QED) is 0.617. The van der Waals surface area contributed by atoms with Gasteiger partial charge in [-0.3, -0.25) is 9.78 Å². The molecule has 0 unspecified atom stereocenters. The third-order valence-electron chi connectivity index (χ3n) is 2.43. The summed E-state index contributed by atoms with van der Waals surface area (Å²) in [4.78, 5) is 15.6. The molecule has 2 nitrogen and oxygen atoms in total. The van der Waals surface area contributed by atoms with E-state index >= 15 is 0 Å². The minimum atomic E-state index is -4.78. The number of carbonyl (C=O) groups excluding carboxylic acids is 1. The van der Waals surface area contributed by atoms with Gasteiger partial charge in [0.15, 0.2) is 0 Å². The van der Waals surface area contributed by atoms with Crippen LogP contribution in [0.5, 0.6) is 0 Å². The summed E-state index contributed by atoms with van der Waals surface area (Å²) in [6.07, 6.45) is -3.41. The van der Waals surface area contributed by atoms with Gasteiger partial charge in [0, 0.05) is 11.8 Å². The molecule has 0 aliphatic carbocycles. The fourth-order valence-corrected chi connectivity index (χ4v) is 1.53. The zero-order valence-electron chi connectivity index (χ0n) is 9.41. The fourth-order valence-electron chi connectivity index (χ4n) is 1.53. The van der Waals surface area contributed by atoms with Crippen molar-refractivity contribution < 1.29 is 22.4 Å². The Balaban J connectivity index is 2.38. The van der Waals surface area contributed by atoms with E-state index in [1.807, 2.05) is 0 Å². The first kappa shape index (κ1) is 13.2. The molecular formula is C13H7F4NO. The highest BCUT2D eigenvalue weighted by atomic mass is 19.4. The molecule has 19 heavy (non-hydrogen) atoms. The van der Waals surface area contributed by atoms with E-state index in [4.69, 9.17) is 0 Å². The van der Waals surface area contributed by atoms with Crippen LogP contribution in [0.25, 0.3) is 0 Å². The highest BCUT2D eigenvalue weighted by Crippen LogP contribution is 2.31. The number of nitrogens with zero attached hydrogens (tertiary/aromatic N) is 1. The predicted octanol–water partition coefficient (Wildman–Crippen LogP) is 3.47. The van der Waals surface area contributed by atoms with Crippen molar-refractivity contribution >= 4 is 5.78 Å². The number of aromatic nitrogens is 1. The van der Waals surface area contributed by atoms with Gasteiger partial charge in [-0.2, -0.15) is 13.2 Å².